The summed E-state index contributed by atoms with van der Waals surface area (Å²) in [4.78, 5) is 7.40. The minimum absolute atomic E-state index is 0.0120. The molecule has 1 aromatic carbocycles. The molecule has 0 saturated heterocycles. The number of hydrogen-bond donors (Lipinski definition) is 0. The van der Waals surface area contributed by atoms with E-state index >= 15 is 0 Å². The highest BCUT2D eigenvalue weighted by atomic mass is 32.1. The summed E-state index contributed by atoms with van der Waals surface area (Å²) >= 11 is 1.60. The van der Waals surface area contributed by atoms with E-state index in [2.05, 4.69) is 49.0 Å². The van der Waals surface area contributed by atoms with E-state index < -0.39 is 0 Å². The molecule has 104 valence electrons. The van der Waals surface area contributed by atoms with E-state index in [0.29, 0.717) is 0 Å². The third kappa shape index (κ3) is 2.43. The molecule has 2 aromatic rings. The second-order valence-electron chi connectivity index (χ2n) is 5.94. The maximum atomic E-state index is 6.19. The average Bonchev–Trinajstić information content (AvgIpc) is 3.08. The molecule has 1 aromatic heterocycles. The van der Waals surface area contributed by atoms with Crippen LogP contribution in [0.5, 0.6) is 0 Å². The zero-order valence-electron chi connectivity index (χ0n) is 11.9. The van der Waals surface area contributed by atoms with Gasteiger partial charge in [0.1, 0.15) is 0 Å². The molecule has 4 heteroatoms. The minimum Gasteiger partial charge on any atom is -0.467 e. The monoisotopic (exact) mass is 286 g/mol. The number of rotatable bonds is 2. The van der Waals surface area contributed by atoms with E-state index in [1.165, 1.54) is 0 Å². The molecule has 3 rings (SSSR count). The zero-order valence-corrected chi connectivity index (χ0v) is 12.7. The first-order valence-corrected chi connectivity index (χ1v) is 7.54. The maximum Gasteiger partial charge on any atom is 0.181 e. The standard InChI is InChI=1S/C16H18N2OS/c1-16(2,3)15-18(12-7-5-4-6-8-12)10-13(19-15)14-9-17-11-20-14/h4-11,15H,1-3H3. The Morgan fingerprint density at radius 1 is 1.20 bits per heavy atom. The number of ether oxygens (including phenoxy) is 1. The fraction of sp³-hybridized carbons (Fsp3) is 0.312. The van der Waals surface area contributed by atoms with Gasteiger partial charge in [0.2, 0.25) is 0 Å². The van der Waals surface area contributed by atoms with Crippen LogP contribution in [0.4, 0.5) is 5.69 Å². The second-order valence-corrected chi connectivity index (χ2v) is 6.82. The molecule has 0 fully saturated rings. The smallest absolute Gasteiger partial charge is 0.181 e. The predicted molar refractivity (Wildman–Crippen MR) is 83.3 cm³/mol. The molecule has 2 heterocycles. The van der Waals surface area contributed by atoms with Crippen molar-refractivity contribution in [2.75, 3.05) is 4.90 Å². The van der Waals surface area contributed by atoms with Crippen LogP contribution >= 0.6 is 11.3 Å². The van der Waals surface area contributed by atoms with Crippen molar-refractivity contribution in [2.45, 2.75) is 27.0 Å². The quantitative estimate of drug-likeness (QED) is 0.820. The summed E-state index contributed by atoms with van der Waals surface area (Å²) < 4.78 is 6.19. The van der Waals surface area contributed by atoms with Crippen molar-refractivity contribution in [1.29, 1.82) is 0 Å². The lowest BCUT2D eigenvalue weighted by atomic mass is 9.93. The Morgan fingerprint density at radius 2 is 1.95 bits per heavy atom. The number of para-hydroxylation sites is 1. The molecular weight excluding hydrogens is 268 g/mol. The number of nitrogens with zero attached hydrogens (tertiary/aromatic N) is 2. The molecule has 20 heavy (non-hydrogen) atoms. The summed E-state index contributed by atoms with van der Waals surface area (Å²) in [6.07, 6.45) is 3.92. The van der Waals surface area contributed by atoms with Gasteiger partial charge in [-0.1, -0.05) is 39.0 Å². The number of benzene rings is 1. The molecule has 0 N–H and O–H groups in total. The van der Waals surface area contributed by atoms with Gasteiger partial charge in [-0.25, -0.2) is 0 Å². The van der Waals surface area contributed by atoms with Gasteiger partial charge in [0, 0.05) is 17.3 Å². The molecule has 0 radical (unpaired) electrons. The summed E-state index contributed by atoms with van der Waals surface area (Å²) in [7, 11) is 0. The van der Waals surface area contributed by atoms with Crippen molar-refractivity contribution >= 4 is 22.8 Å². The van der Waals surface area contributed by atoms with E-state index in [1.54, 1.807) is 11.3 Å². The molecule has 1 aliphatic rings. The Hall–Kier alpha value is -1.81. The molecular formula is C16H18N2OS. The third-order valence-electron chi connectivity index (χ3n) is 3.22. The zero-order chi connectivity index (χ0) is 14.2. The topological polar surface area (TPSA) is 25.4 Å². The van der Waals surface area contributed by atoms with Crippen LogP contribution < -0.4 is 4.90 Å². The highest BCUT2D eigenvalue weighted by Crippen LogP contribution is 2.39. The Balaban J connectivity index is 1.99. The minimum atomic E-state index is -0.0120. The lowest BCUT2D eigenvalue weighted by Crippen LogP contribution is -2.39. The summed E-state index contributed by atoms with van der Waals surface area (Å²) in [5.74, 6) is 0.899. The Labute approximate surface area is 123 Å². The van der Waals surface area contributed by atoms with E-state index in [1.807, 2.05) is 29.9 Å². The van der Waals surface area contributed by atoms with E-state index in [9.17, 15) is 0 Å². The second kappa shape index (κ2) is 4.94. The Bertz CT molecular complexity index is 599. The molecule has 0 saturated carbocycles. The number of hydrogen-bond acceptors (Lipinski definition) is 4. The van der Waals surface area contributed by atoms with Gasteiger partial charge < -0.3 is 9.64 Å². The van der Waals surface area contributed by atoms with Crippen LogP contribution in [0.25, 0.3) is 5.76 Å². The van der Waals surface area contributed by atoms with Crippen molar-refractivity contribution in [2.24, 2.45) is 5.41 Å². The van der Waals surface area contributed by atoms with Crippen LogP contribution in [-0.4, -0.2) is 11.2 Å². The van der Waals surface area contributed by atoms with Crippen LogP contribution in [0, 0.1) is 5.41 Å². The fourth-order valence-electron chi connectivity index (χ4n) is 2.26. The molecule has 1 unspecified atom stereocenters. The lowest BCUT2D eigenvalue weighted by molar-refractivity contribution is 0.0814. The third-order valence-corrected chi connectivity index (χ3v) is 4.01. The molecule has 1 atom stereocenters. The molecule has 0 spiro atoms. The van der Waals surface area contributed by atoms with E-state index in [4.69, 9.17) is 4.74 Å². The number of aromatic nitrogens is 1. The van der Waals surface area contributed by atoms with Crippen LogP contribution in [0.2, 0.25) is 0 Å². The Morgan fingerprint density at radius 3 is 2.55 bits per heavy atom. The summed E-state index contributed by atoms with van der Waals surface area (Å²) in [5, 5.41) is 0. The first-order valence-electron chi connectivity index (χ1n) is 6.66. The average molecular weight is 286 g/mol. The molecule has 1 aliphatic heterocycles. The molecule has 0 amide bonds. The first-order chi connectivity index (χ1) is 9.55. The van der Waals surface area contributed by atoms with Gasteiger partial charge in [-0.3, -0.25) is 4.98 Å². The fourth-order valence-corrected chi connectivity index (χ4v) is 2.84. The summed E-state index contributed by atoms with van der Waals surface area (Å²) in [6, 6.07) is 10.3. The SMILES string of the molecule is CC(C)(C)C1OC(c2cncs2)=CN1c1ccccc1. The molecule has 3 nitrogen and oxygen atoms in total. The van der Waals surface area contributed by atoms with Crippen LogP contribution in [0.3, 0.4) is 0 Å². The van der Waals surface area contributed by atoms with Crippen molar-refractivity contribution in [3.63, 3.8) is 0 Å². The number of thiazole rings is 1. The van der Waals surface area contributed by atoms with Crippen LogP contribution in [0.1, 0.15) is 25.6 Å². The van der Waals surface area contributed by atoms with Gasteiger partial charge in [-0.15, -0.1) is 11.3 Å². The normalized spacial score (nSPS) is 18.9. The van der Waals surface area contributed by atoms with Crippen LogP contribution in [0.15, 0.2) is 48.2 Å². The van der Waals surface area contributed by atoms with Gasteiger partial charge in [-0.2, -0.15) is 0 Å². The maximum absolute atomic E-state index is 6.19. The highest BCUT2D eigenvalue weighted by molar-refractivity contribution is 7.10. The van der Waals surface area contributed by atoms with Crippen molar-refractivity contribution in [3.8, 4) is 0 Å². The van der Waals surface area contributed by atoms with Crippen LogP contribution in [-0.2, 0) is 4.74 Å². The largest absolute Gasteiger partial charge is 0.467 e. The van der Waals surface area contributed by atoms with Crippen molar-refractivity contribution < 1.29 is 4.74 Å². The first kappa shape index (κ1) is 13.2. The summed E-state index contributed by atoms with van der Waals surface area (Å²) in [6.45, 7) is 6.57. The lowest BCUT2D eigenvalue weighted by Gasteiger charge is -2.34. The van der Waals surface area contributed by atoms with Gasteiger partial charge in [0.25, 0.3) is 0 Å². The highest BCUT2D eigenvalue weighted by Gasteiger charge is 2.37. The van der Waals surface area contributed by atoms with Crippen molar-refractivity contribution in [1.82, 2.24) is 4.98 Å². The van der Waals surface area contributed by atoms with Crippen molar-refractivity contribution in [3.05, 3.63) is 53.1 Å². The molecule has 0 aliphatic carbocycles. The van der Waals surface area contributed by atoms with Gasteiger partial charge in [0.15, 0.2) is 12.0 Å². The predicted octanol–water partition coefficient (Wildman–Crippen LogP) is 4.35. The number of anilines is 1. The molecule has 0 bridgehead atoms. The van der Waals surface area contributed by atoms with E-state index in [0.717, 1.165) is 16.3 Å². The van der Waals surface area contributed by atoms with Gasteiger partial charge >= 0.3 is 0 Å². The van der Waals surface area contributed by atoms with Gasteiger partial charge in [0.05, 0.1) is 16.6 Å². The summed E-state index contributed by atoms with van der Waals surface area (Å²) in [5.41, 5.74) is 2.99. The Kier molecular flexibility index (Phi) is 3.26. The van der Waals surface area contributed by atoms with E-state index in [-0.39, 0.29) is 11.6 Å². The van der Waals surface area contributed by atoms with Gasteiger partial charge in [-0.05, 0) is 12.1 Å².